The van der Waals surface area contributed by atoms with Gasteiger partial charge in [0, 0.05) is 5.56 Å². The molecule has 1 aromatic heterocycles. The molecular formula is C15H19N3O3. The van der Waals surface area contributed by atoms with Crippen LogP contribution in [0.4, 0.5) is 4.79 Å². The van der Waals surface area contributed by atoms with Crippen LogP contribution in [0.5, 0.6) is 0 Å². The van der Waals surface area contributed by atoms with E-state index < -0.39 is 11.7 Å². The molecule has 112 valence electrons. The summed E-state index contributed by atoms with van der Waals surface area (Å²) in [6, 6.07) is 7.80. The molecule has 0 unspecified atom stereocenters. The van der Waals surface area contributed by atoms with Gasteiger partial charge in [0.2, 0.25) is 11.7 Å². The molecule has 6 nitrogen and oxygen atoms in total. The fourth-order valence-corrected chi connectivity index (χ4v) is 1.61. The standard InChI is InChI=1S/C15H19N3O3/c1-10-5-7-11(8-6-10)13-17-12(21-18-13)9-16-14(19)20-15(2,3)4/h5-8H,9H2,1-4H3,(H,16,19). The summed E-state index contributed by atoms with van der Waals surface area (Å²) < 4.78 is 10.2. The minimum Gasteiger partial charge on any atom is -0.444 e. The lowest BCUT2D eigenvalue weighted by atomic mass is 10.1. The predicted molar refractivity (Wildman–Crippen MR) is 77.5 cm³/mol. The van der Waals surface area contributed by atoms with Crippen LogP contribution in [-0.4, -0.2) is 21.8 Å². The largest absolute Gasteiger partial charge is 0.444 e. The van der Waals surface area contributed by atoms with Crippen LogP contribution in [0.15, 0.2) is 28.8 Å². The van der Waals surface area contributed by atoms with Gasteiger partial charge in [0.15, 0.2) is 0 Å². The lowest BCUT2D eigenvalue weighted by molar-refractivity contribution is 0.0518. The van der Waals surface area contributed by atoms with E-state index in [4.69, 9.17) is 9.26 Å². The predicted octanol–water partition coefficient (Wildman–Crippen LogP) is 3.07. The molecule has 1 heterocycles. The maximum atomic E-state index is 11.5. The van der Waals surface area contributed by atoms with Crippen molar-refractivity contribution in [2.24, 2.45) is 0 Å². The third kappa shape index (κ3) is 4.59. The number of rotatable bonds is 3. The number of carbonyl (C=O) groups is 1. The first-order valence-corrected chi connectivity index (χ1v) is 6.70. The van der Waals surface area contributed by atoms with Crippen molar-refractivity contribution in [2.75, 3.05) is 0 Å². The van der Waals surface area contributed by atoms with E-state index >= 15 is 0 Å². The second-order valence-electron chi connectivity index (χ2n) is 5.73. The van der Waals surface area contributed by atoms with Crippen LogP contribution in [0, 0.1) is 6.92 Å². The van der Waals surface area contributed by atoms with E-state index in [1.165, 1.54) is 0 Å². The quantitative estimate of drug-likeness (QED) is 0.939. The second kappa shape index (κ2) is 5.95. The van der Waals surface area contributed by atoms with Crippen molar-refractivity contribution in [3.63, 3.8) is 0 Å². The van der Waals surface area contributed by atoms with E-state index in [0.717, 1.165) is 11.1 Å². The topological polar surface area (TPSA) is 77.2 Å². The molecule has 2 aromatic rings. The zero-order valence-corrected chi connectivity index (χ0v) is 12.6. The molecule has 0 saturated heterocycles. The van der Waals surface area contributed by atoms with Crippen molar-refractivity contribution in [3.8, 4) is 11.4 Å². The van der Waals surface area contributed by atoms with Crippen LogP contribution in [0.2, 0.25) is 0 Å². The van der Waals surface area contributed by atoms with Crippen LogP contribution >= 0.6 is 0 Å². The van der Waals surface area contributed by atoms with Gasteiger partial charge in [-0.1, -0.05) is 35.0 Å². The number of ether oxygens (including phenoxy) is 1. The number of carbonyl (C=O) groups excluding carboxylic acids is 1. The Bertz CT molecular complexity index is 612. The maximum Gasteiger partial charge on any atom is 0.408 e. The summed E-state index contributed by atoms with van der Waals surface area (Å²) in [5.74, 6) is 0.826. The molecule has 0 saturated carbocycles. The summed E-state index contributed by atoms with van der Waals surface area (Å²) in [7, 11) is 0. The van der Waals surface area contributed by atoms with Gasteiger partial charge in [-0.25, -0.2) is 4.79 Å². The molecule has 21 heavy (non-hydrogen) atoms. The first-order valence-electron chi connectivity index (χ1n) is 6.70. The van der Waals surface area contributed by atoms with Gasteiger partial charge in [0.05, 0.1) is 0 Å². The van der Waals surface area contributed by atoms with Gasteiger partial charge in [-0.15, -0.1) is 0 Å². The third-order valence-electron chi connectivity index (χ3n) is 2.56. The minimum absolute atomic E-state index is 0.133. The van der Waals surface area contributed by atoms with E-state index in [2.05, 4.69) is 15.5 Å². The van der Waals surface area contributed by atoms with E-state index in [-0.39, 0.29) is 6.54 Å². The molecule has 0 aliphatic heterocycles. The zero-order chi connectivity index (χ0) is 15.5. The maximum absolute atomic E-state index is 11.5. The molecule has 0 fully saturated rings. The molecule has 6 heteroatoms. The Balaban J connectivity index is 1.94. The Kier molecular flexibility index (Phi) is 4.26. The van der Waals surface area contributed by atoms with Crippen LogP contribution in [0.1, 0.15) is 32.2 Å². The number of aromatic nitrogens is 2. The average Bonchev–Trinajstić information content (AvgIpc) is 2.84. The molecule has 0 bridgehead atoms. The van der Waals surface area contributed by atoms with Crippen molar-refractivity contribution >= 4 is 6.09 Å². The smallest absolute Gasteiger partial charge is 0.408 e. The van der Waals surface area contributed by atoms with E-state index in [1.807, 2.05) is 31.2 Å². The Morgan fingerprint density at radius 1 is 1.29 bits per heavy atom. The number of hydrogen-bond acceptors (Lipinski definition) is 5. The van der Waals surface area contributed by atoms with Crippen molar-refractivity contribution in [1.29, 1.82) is 0 Å². The van der Waals surface area contributed by atoms with Crippen LogP contribution < -0.4 is 5.32 Å². The summed E-state index contributed by atoms with van der Waals surface area (Å²) in [5, 5.41) is 6.46. The summed E-state index contributed by atoms with van der Waals surface area (Å²) in [4.78, 5) is 15.8. The van der Waals surface area contributed by atoms with E-state index in [9.17, 15) is 4.79 Å². The average molecular weight is 289 g/mol. The molecule has 1 aromatic carbocycles. The number of aryl methyl sites for hydroxylation is 1. The summed E-state index contributed by atoms with van der Waals surface area (Å²) in [6.45, 7) is 7.54. The Hall–Kier alpha value is -2.37. The Labute approximate surface area is 123 Å². The van der Waals surface area contributed by atoms with Crippen LogP contribution in [0.3, 0.4) is 0 Å². The molecular weight excluding hydrogens is 270 g/mol. The highest BCUT2D eigenvalue weighted by atomic mass is 16.6. The van der Waals surface area contributed by atoms with Gasteiger partial charge in [-0.2, -0.15) is 4.98 Å². The van der Waals surface area contributed by atoms with Gasteiger partial charge in [0.25, 0.3) is 0 Å². The molecule has 2 rings (SSSR count). The second-order valence-corrected chi connectivity index (χ2v) is 5.73. The molecule has 1 amide bonds. The van der Waals surface area contributed by atoms with Crippen molar-refractivity contribution in [3.05, 3.63) is 35.7 Å². The highest BCUT2D eigenvalue weighted by molar-refractivity contribution is 5.67. The number of benzene rings is 1. The molecule has 0 spiro atoms. The fraction of sp³-hybridized carbons (Fsp3) is 0.400. The highest BCUT2D eigenvalue weighted by Gasteiger charge is 2.17. The zero-order valence-electron chi connectivity index (χ0n) is 12.6. The summed E-state index contributed by atoms with van der Waals surface area (Å²) in [6.07, 6.45) is -0.516. The Morgan fingerprint density at radius 2 is 1.95 bits per heavy atom. The molecule has 0 atom stereocenters. The van der Waals surface area contributed by atoms with Gasteiger partial charge in [-0.05, 0) is 27.7 Å². The van der Waals surface area contributed by atoms with E-state index in [0.29, 0.717) is 11.7 Å². The van der Waals surface area contributed by atoms with Crippen LogP contribution in [0.25, 0.3) is 11.4 Å². The SMILES string of the molecule is Cc1ccc(-c2noc(CNC(=O)OC(C)(C)C)n2)cc1. The number of hydrogen-bond donors (Lipinski definition) is 1. The molecule has 0 radical (unpaired) electrons. The number of alkyl carbamates (subject to hydrolysis) is 1. The number of amides is 1. The first-order chi connectivity index (χ1) is 9.83. The van der Waals surface area contributed by atoms with Crippen molar-refractivity contribution in [2.45, 2.75) is 39.8 Å². The summed E-state index contributed by atoms with van der Waals surface area (Å²) >= 11 is 0. The van der Waals surface area contributed by atoms with Gasteiger partial charge < -0.3 is 14.6 Å². The normalized spacial score (nSPS) is 11.2. The van der Waals surface area contributed by atoms with E-state index in [1.54, 1.807) is 20.8 Å². The number of nitrogens with zero attached hydrogens (tertiary/aromatic N) is 2. The van der Waals surface area contributed by atoms with Gasteiger partial charge in [-0.3, -0.25) is 0 Å². The molecule has 1 N–H and O–H groups in total. The lowest BCUT2D eigenvalue weighted by Crippen LogP contribution is -2.32. The lowest BCUT2D eigenvalue weighted by Gasteiger charge is -2.19. The van der Waals surface area contributed by atoms with Gasteiger partial charge >= 0.3 is 6.09 Å². The molecule has 0 aliphatic carbocycles. The Morgan fingerprint density at radius 3 is 2.57 bits per heavy atom. The highest BCUT2D eigenvalue weighted by Crippen LogP contribution is 2.16. The van der Waals surface area contributed by atoms with Crippen LogP contribution in [-0.2, 0) is 11.3 Å². The van der Waals surface area contributed by atoms with Crippen molar-refractivity contribution in [1.82, 2.24) is 15.5 Å². The third-order valence-corrected chi connectivity index (χ3v) is 2.56. The summed E-state index contributed by atoms with van der Waals surface area (Å²) in [5.41, 5.74) is 1.49. The van der Waals surface area contributed by atoms with Crippen molar-refractivity contribution < 1.29 is 14.1 Å². The first kappa shape index (κ1) is 15.0. The van der Waals surface area contributed by atoms with Gasteiger partial charge in [0.1, 0.15) is 12.1 Å². The fourth-order valence-electron chi connectivity index (χ4n) is 1.61. The monoisotopic (exact) mass is 289 g/mol. The number of nitrogens with one attached hydrogen (secondary N) is 1. The molecule has 0 aliphatic rings. The minimum atomic E-state index is -0.536.